The molecule has 5 nitrogen and oxygen atoms in total. The normalized spacial score (nSPS) is 10.8. The molecule has 0 saturated heterocycles. The van der Waals surface area contributed by atoms with Crippen molar-refractivity contribution in [2.24, 2.45) is 0 Å². The Hall–Kier alpha value is -2.27. The van der Waals surface area contributed by atoms with Crippen LogP contribution in [0.15, 0.2) is 41.0 Å². The Balaban J connectivity index is 2.00. The monoisotopic (exact) mass is 261 g/mol. The van der Waals surface area contributed by atoms with Gasteiger partial charge in [0.25, 0.3) is 0 Å². The van der Waals surface area contributed by atoms with E-state index in [1.54, 1.807) is 24.3 Å². The molecule has 0 fully saturated rings. The Labute approximate surface area is 110 Å². The van der Waals surface area contributed by atoms with E-state index >= 15 is 0 Å². The molecule has 0 unspecified atom stereocenters. The van der Waals surface area contributed by atoms with Crippen LogP contribution in [0, 0.1) is 0 Å². The Morgan fingerprint density at radius 3 is 2.74 bits per heavy atom. The van der Waals surface area contributed by atoms with Gasteiger partial charge in [0, 0.05) is 6.07 Å². The molecule has 1 aromatic carbocycles. The van der Waals surface area contributed by atoms with Crippen LogP contribution in [0.3, 0.4) is 0 Å². The molecule has 2 aromatic rings. The van der Waals surface area contributed by atoms with Crippen molar-refractivity contribution in [2.75, 3.05) is 13.6 Å². The highest BCUT2D eigenvalue weighted by atomic mass is 16.3. The fraction of sp³-hybridized carbons (Fsp3) is 0.214. The first-order valence-corrected chi connectivity index (χ1v) is 5.82. The summed E-state index contributed by atoms with van der Waals surface area (Å²) in [4.78, 5) is 13.8. The van der Waals surface area contributed by atoms with Crippen molar-refractivity contribution in [2.45, 2.75) is 6.54 Å². The fourth-order valence-corrected chi connectivity index (χ4v) is 1.81. The largest absolute Gasteiger partial charge is 0.508 e. The molecule has 2 N–H and O–H groups in total. The predicted molar refractivity (Wildman–Crippen MR) is 69.1 cm³/mol. The summed E-state index contributed by atoms with van der Waals surface area (Å²) in [5.41, 5.74) is 0.198. The van der Waals surface area contributed by atoms with Crippen molar-refractivity contribution in [3.05, 3.63) is 47.9 Å². The molecule has 0 aliphatic carbocycles. The number of furan rings is 1. The van der Waals surface area contributed by atoms with Gasteiger partial charge in [-0.3, -0.25) is 9.69 Å². The number of hydrogen-bond acceptors (Lipinski definition) is 5. The summed E-state index contributed by atoms with van der Waals surface area (Å²) in [5, 5.41) is 18.8. The van der Waals surface area contributed by atoms with Crippen LogP contribution in [0.25, 0.3) is 0 Å². The standard InChI is InChI=1S/C14H15NO4/c1-15(8-11-3-2-6-19-11)9-14(18)12-5-4-10(16)7-13(12)17/h2-7,16-17H,8-9H2,1H3. The molecular weight excluding hydrogens is 246 g/mol. The lowest BCUT2D eigenvalue weighted by molar-refractivity contribution is 0.0937. The predicted octanol–water partition coefficient (Wildman–Crippen LogP) is 2.01. The van der Waals surface area contributed by atoms with E-state index in [1.807, 2.05) is 6.07 Å². The zero-order valence-electron chi connectivity index (χ0n) is 10.5. The third kappa shape index (κ3) is 3.35. The minimum Gasteiger partial charge on any atom is -0.508 e. The van der Waals surface area contributed by atoms with E-state index in [9.17, 15) is 15.0 Å². The van der Waals surface area contributed by atoms with Crippen molar-refractivity contribution in [3.8, 4) is 11.5 Å². The van der Waals surface area contributed by atoms with Gasteiger partial charge in [-0.25, -0.2) is 0 Å². The van der Waals surface area contributed by atoms with Gasteiger partial charge in [0.05, 0.1) is 24.9 Å². The van der Waals surface area contributed by atoms with Gasteiger partial charge in [-0.15, -0.1) is 0 Å². The fourth-order valence-electron chi connectivity index (χ4n) is 1.81. The Morgan fingerprint density at radius 2 is 2.11 bits per heavy atom. The third-order valence-corrected chi connectivity index (χ3v) is 2.70. The van der Waals surface area contributed by atoms with Crippen LogP contribution in [-0.2, 0) is 6.54 Å². The molecule has 0 aliphatic rings. The molecule has 5 heteroatoms. The van der Waals surface area contributed by atoms with Crippen molar-refractivity contribution in [1.29, 1.82) is 0 Å². The highest BCUT2D eigenvalue weighted by molar-refractivity contribution is 6.00. The molecular formula is C14H15NO4. The van der Waals surface area contributed by atoms with Crippen LogP contribution in [0.2, 0.25) is 0 Å². The first-order chi connectivity index (χ1) is 9.06. The summed E-state index contributed by atoms with van der Waals surface area (Å²) in [6.45, 7) is 0.663. The third-order valence-electron chi connectivity index (χ3n) is 2.70. The van der Waals surface area contributed by atoms with E-state index in [4.69, 9.17) is 4.42 Å². The number of rotatable bonds is 5. The number of likely N-dealkylation sites (N-methyl/N-ethyl adjacent to an activating group) is 1. The van der Waals surface area contributed by atoms with Gasteiger partial charge in [-0.05, 0) is 31.3 Å². The molecule has 0 aliphatic heterocycles. The van der Waals surface area contributed by atoms with Crippen LogP contribution >= 0.6 is 0 Å². The lowest BCUT2D eigenvalue weighted by Gasteiger charge is -2.14. The number of ketones is 1. The van der Waals surface area contributed by atoms with Crippen molar-refractivity contribution < 1.29 is 19.4 Å². The Bertz CT molecular complexity index is 563. The number of Topliss-reactive ketones (excluding diaryl/α,β-unsaturated/α-hetero) is 1. The first kappa shape index (κ1) is 13.2. The topological polar surface area (TPSA) is 73.9 Å². The Morgan fingerprint density at radius 1 is 1.32 bits per heavy atom. The maximum atomic E-state index is 12.0. The van der Waals surface area contributed by atoms with Crippen LogP contribution in [-0.4, -0.2) is 34.5 Å². The molecule has 1 heterocycles. The summed E-state index contributed by atoms with van der Waals surface area (Å²) in [6, 6.07) is 7.56. The number of carbonyl (C=O) groups excluding carboxylic acids is 1. The van der Waals surface area contributed by atoms with Crippen molar-refractivity contribution in [3.63, 3.8) is 0 Å². The Kier molecular flexibility index (Phi) is 3.87. The van der Waals surface area contributed by atoms with E-state index in [2.05, 4.69) is 0 Å². The van der Waals surface area contributed by atoms with Crippen LogP contribution in [0.5, 0.6) is 11.5 Å². The highest BCUT2D eigenvalue weighted by Gasteiger charge is 2.14. The summed E-state index contributed by atoms with van der Waals surface area (Å²) < 4.78 is 5.20. The second kappa shape index (κ2) is 5.58. The smallest absolute Gasteiger partial charge is 0.180 e. The molecule has 0 radical (unpaired) electrons. The van der Waals surface area contributed by atoms with Crippen LogP contribution in [0.4, 0.5) is 0 Å². The minimum atomic E-state index is -0.216. The zero-order valence-corrected chi connectivity index (χ0v) is 10.5. The second-order valence-corrected chi connectivity index (χ2v) is 4.38. The lowest BCUT2D eigenvalue weighted by atomic mass is 10.1. The van der Waals surface area contributed by atoms with E-state index in [0.29, 0.717) is 6.54 Å². The molecule has 0 bridgehead atoms. The number of nitrogens with zero attached hydrogens (tertiary/aromatic N) is 1. The molecule has 0 spiro atoms. The molecule has 0 atom stereocenters. The second-order valence-electron chi connectivity index (χ2n) is 4.38. The minimum absolute atomic E-state index is 0.0713. The van der Waals surface area contributed by atoms with Gasteiger partial charge in [0.1, 0.15) is 17.3 Å². The summed E-state index contributed by atoms with van der Waals surface area (Å²) >= 11 is 0. The van der Waals surface area contributed by atoms with Crippen LogP contribution in [0.1, 0.15) is 16.1 Å². The zero-order chi connectivity index (χ0) is 13.8. The van der Waals surface area contributed by atoms with Gasteiger partial charge in [0.2, 0.25) is 0 Å². The van der Waals surface area contributed by atoms with E-state index in [0.717, 1.165) is 11.8 Å². The lowest BCUT2D eigenvalue weighted by Crippen LogP contribution is -2.25. The average molecular weight is 261 g/mol. The van der Waals surface area contributed by atoms with Gasteiger partial charge in [-0.1, -0.05) is 0 Å². The summed E-state index contributed by atoms with van der Waals surface area (Å²) in [5.74, 6) is 0.270. The molecule has 1 aromatic heterocycles. The van der Waals surface area contributed by atoms with E-state index in [-0.39, 0.29) is 29.4 Å². The van der Waals surface area contributed by atoms with E-state index < -0.39 is 0 Å². The number of phenolic OH excluding ortho intramolecular Hbond substituents is 2. The van der Waals surface area contributed by atoms with Gasteiger partial charge in [-0.2, -0.15) is 0 Å². The molecule has 19 heavy (non-hydrogen) atoms. The van der Waals surface area contributed by atoms with Crippen molar-refractivity contribution in [1.82, 2.24) is 4.90 Å². The SMILES string of the molecule is CN(CC(=O)c1ccc(O)cc1O)Cc1ccco1. The van der Waals surface area contributed by atoms with E-state index in [1.165, 1.54) is 12.1 Å². The van der Waals surface area contributed by atoms with Crippen molar-refractivity contribution >= 4 is 5.78 Å². The maximum absolute atomic E-state index is 12.0. The molecule has 2 rings (SSSR count). The number of benzene rings is 1. The first-order valence-electron chi connectivity index (χ1n) is 5.82. The van der Waals surface area contributed by atoms with Gasteiger partial charge in [0.15, 0.2) is 5.78 Å². The number of hydrogen-bond donors (Lipinski definition) is 2. The number of phenols is 2. The molecule has 100 valence electrons. The average Bonchev–Trinajstić information content (AvgIpc) is 2.81. The molecule has 0 amide bonds. The molecule has 0 saturated carbocycles. The maximum Gasteiger partial charge on any atom is 0.180 e. The quantitative estimate of drug-likeness (QED) is 0.805. The van der Waals surface area contributed by atoms with Crippen LogP contribution < -0.4 is 0 Å². The van der Waals surface area contributed by atoms with Gasteiger partial charge < -0.3 is 14.6 Å². The number of aromatic hydroxyl groups is 2. The van der Waals surface area contributed by atoms with Gasteiger partial charge >= 0.3 is 0 Å². The number of carbonyl (C=O) groups is 1. The highest BCUT2D eigenvalue weighted by Crippen LogP contribution is 2.23. The summed E-state index contributed by atoms with van der Waals surface area (Å²) in [6.07, 6.45) is 1.58. The summed E-state index contributed by atoms with van der Waals surface area (Å²) in [7, 11) is 1.79.